The lowest BCUT2D eigenvalue weighted by Gasteiger charge is -2.54. The Hall–Kier alpha value is -0.570. The van der Waals surface area contributed by atoms with E-state index < -0.39 is 0 Å². The average Bonchev–Trinajstić information content (AvgIpc) is 2.34. The van der Waals surface area contributed by atoms with Crippen molar-refractivity contribution in [3.8, 4) is 0 Å². The molecule has 2 rings (SSSR count). The Morgan fingerprint density at radius 3 is 2.37 bits per heavy atom. The van der Waals surface area contributed by atoms with Crippen molar-refractivity contribution in [3.05, 3.63) is 0 Å². The van der Waals surface area contributed by atoms with Crippen LogP contribution in [-0.2, 0) is 4.79 Å². The SMILES string of the molecule is CCCC(=O)N1CCC2(CC1)CN(CCC(C)C)C2. The molecule has 0 atom stereocenters. The summed E-state index contributed by atoms with van der Waals surface area (Å²) in [7, 11) is 0. The molecule has 0 aromatic rings. The summed E-state index contributed by atoms with van der Waals surface area (Å²) in [5.74, 6) is 1.18. The van der Waals surface area contributed by atoms with E-state index >= 15 is 0 Å². The first-order valence-corrected chi connectivity index (χ1v) is 8.05. The van der Waals surface area contributed by atoms with Gasteiger partial charge in [-0.05, 0) is 43.6 Å². The molecule has 0 aromatic heterocycles. The van der Waals surface area contributed by atoms with Crippen LogP contribution in [-0.4, -0.2) is 48.4 Å². The van der Waals surface area contributed by atoms with Gasteiger partial charge in [-0.3, -0.25) is 4.79 Å². The molecule has 2 fully saturated rings. The van der Waals surface area contributed by atoms with Crippen LogP contribution in [0.2, 0.25) is 0 Å². The van der Waals surface area contributed by atoms with Gasteiger partial charge in [0.2, 0.25) is 5.91 Å². The van der Waals surface area contributed by atoms with Crippen molar-refractivity contribution in [1.29, 1.82) is 0 Å². The third-order valence-electron chi connectivity index (χ3n) is 4.78. The van der Waals surface area contributed by atoms with Crippen molar-refractivity contribution in [2.45, 2.75) is 52.9 Å². The van der Waals surface area contributed by atoms with Crippen LogP contribution >= 0.6 is 0 Å². The molecule has 1 spiro atoms. The number of piperidine rings is 1. The van der Waals surface area contributed by atoms with E-state index in [9.17, 15) is 4.79 Å². The van der Waals surface area contributed by atoms with Crippen LogP contribution < -0.4 is 0 Å². The van der Waals surface area contributed by atoms with Crippen molar-refractivity contribution < 1.29 is 4.79 Å². The first-order chi connectivity index (χ1) is 9.04. The van der Waals surface area contributed by atoms with Crippen LogP contribution in [0.1, 0.15) is 52.9 Å². The van der Waals surface area contributed by atoms with Crippen LogP contribution in [0.15, 0.2) is 0 Å². The zero-order chi connectivity index (χ0) is 13.9. The fourth-order valence-corrected chi connectivity index (χ4v) is 3.42. The summed E-state index contributed by atoms with van der Waals surface area (Å²) in [5.41, 5.74) is 0.556. The van der Waals surface area contributed by atoms with Crippen LogP contribution in [0.3, 0.4) is 0 Å². The second-order valence-corrected chi connectivity index (χ2v) is 7.02. The topological polar surface area (TPSA) is 23.6 Å². The normalized spacial score (nSPS) is 22.8. The molecule has 0 aliphatic carbocycles. The number of likely N-dealkylation sites (tertiary alicyclic amines) is 2. The van der Waals surface area contributed by atoms with Crippen molar-refractivity contribution in [2.24, 2.45) is 11.3 Å². The number of nitrogens with zero attached hydrogens (tertiary/aromatic N) is 2. The molecule has 3 nitrogen and oxygen atoms in total. The van der Waals surface area contributed by atoms with E-state index in [1.165, 1.54) is 38.9 Å². The van der Waals surface area contributed by atoms with E-state index in [-0.39, 0.29) is 0 Å². The Labute approximate surface area is 118 Å². The number of rotatable bonds is 5. The average molecular weight is 266 g/mol. The van der Waals surface area contributed by atoms with E-state index in [0.717, 1.165) is 31.8 Å². The van der Waals surface area contributed by atoms with Crippen LogP contribution in [0.25, 0.3) is 0 Å². The maximum atomic E-state index is 11.9. The molecule has 0 N–H and O–H groups in total. The fraction of sp³-hybridized carbons (Fsp3) is 0.938. The van der Waals surface area contributed by atoms with E-state index in [4.69, 9.17) is 0 Å². The lowest BCUT2D eigenvalue weighted by molar-refractivity contribution is -0.136. The number of hydrogen-bond donors (Lipinski definition) is 0. The van der Waals surface area contributed by atoms with Gasteiger partial charge in [0.1, 0.15) is 0 Å². The third-order valence-corrected chi connectivity index (χ3v) is 4.78. The molecule has 0 saturated carbocycles. The van der Waals surface area contributed by atoms with Crippen LogP contribution in [0.5, 0.6) is 0 Å². The van der Waals surface area contributed by atoms with Gasteiger partial charge in [0.15, 0.2) is 0 Å². The third kappa shape index (κ3) is 3.71. The molecule has 1 amide bonds. The van der Waals surface area contributed by atoms with Gasteiger partial charge in [0.25, 0.3) is 0 Å². The molecular formula is C16H30N2O. The molecule has 3 heteroatoms. The summed E-state index contributed by atoms with van der Waals surface area (Å²) in [5, 5.41) is 0. The molecule has 19 heavy (non-hydrogen) atoms. The Kier molecular flexibility index (Phi) is 4.88. The maximum Gasteiger partial charge on any atom is 0.222 e. The summed E-state index contributed by atoms with van der Waals surface area (Å²) in [6, 6.07) is 0. The highest BCUT2D eigenvalue weighted by Crippen LogP contribution is 2.40. The van der Waals surface area contributed by atoms with Gasteiger partial charge in [-0.2, -0.15) is 0 Å². The molecule has 110 valence electrons. The number of carbonyl (C=O) groups excluding carboxylic acids is 1. The number of carbonyl (C=O) groups is 1. The Bertz CT molecular complexity index is 298. The van der Waals surface area contributed by atoms with Crippen molar-refractivity contribution >= 4 is 5.91 Å². The summed E-state index contributed by atoms with van der Waals surface area (Å²) >= 11 is 0. The second-order valence-electron chi connectivity index (χ2n) is 7.02. The minimum absolute atomic E-state index is 0.369. The van der Waals surface area contributed by atoms with E-state index in [0.29, 0.717) is 11.3 Å². The van der Waals surface area contributed by atoms with Crippen LogP contribution in [0.4, 0.5) is 0 Å². The van der Waals surface area contributed by atoms with Crippen LogP contribution in [0, 0.1) is 11.3 Å². The van der Waals surface area contributed by atoms with Gasteiger partial charge in [-0.1, -0.05) is 20.8 Å². The largest absolute Gasteiger partial charge is 0.343 e. The first-order valence-electron chi connectivity index (χ1n) is 8.05. The highest BCUT2D eigenvalue weighted by atomic mass is 16.2. The molecule has 2 aliphatic heterocycles. The molecule has 0 radical (unpaired) electrons. The molecule has 2 aliphatic rings. The lowest BCUT2D eigenvalue weighted by Crippen LogP contribution is -2.60. The summed E-state index contributed by atoms with van der Waals surface area (Å²) in [6.45, 7) is 12.5. The summed E-state index contributed by atoms with van der Waals surface area (Å²) in [6.07, 6.45) is 5.47. The molecule has 2 heterocycles. The lowest BCUT2D eigenvalue weighted by atomic mass is 9.72. The predicted molar refractivity (Wildman–Crippen MR) is 79.1 cm³/mol. The molecule has 0 unspecified atom stereocenters. The highest BCUT2D eigenvalue weighted by molar-refractivity contribution is 5.76. The fourth-order valence-electron chi connectivity index (χ4n) is 3.42. The van der Waals surface area contributed by atoms with Gasteiger partial charge in [0.05, 0.1) is 0 Å². The Morgan fingerprint density at radius 1 is 1.21 bits per heavy atom. The van der Waals surface area contributed by atoms with Gasteiger partial charge < -0.3 is 9.80 Å². The summed E-state index contributed by atoms with van der Waals surface area (Å²) in [4.78, 5) is 16.6. The zero-order valence-electron chi connectivity index (χ0n) is 13.0. The number of amides is 1. The molecular weight excluding hydrogens is 236 g/mol. The van der Waals surface area contributed by atoms with Gasteiger partial charge in [-0.25, -0.2) is 0 Å². The number of hydrogen-bond acceptors (Lipinski definition) is 2. The van der Waals surface area contributed by atoms with Crippen molar-refractivity contribution in [1.82, 2.24) is 9.80 Å². The molecule has 2 saturated heterocycles. The minimum Gasteiger partial charge on any atom is -0.343 e. The highest BCUT2D eigenvalue weighted by Gasteiger charge is 2.44. The van der Waals surface area contributed by atoms with Crippen molar-refractivity contribution in [2.75, 3.05) is 32.7 Å². The van der Waals surface area contributed by atoms with E-state index in [2.05, 4.69) is 30.6 Å². The quantitative estimate of drug-likeness (QED) is 0.764. The molecule has 0 bridgehead atoms. The first kappa shape index (κ1) is 14.8. The zero-order valence-corrected chi connectivity index (χ0v) is 13.0. The minimum atomic E-state index is 0.369. The predicted octanol–water partition coefficient (Wildman–Crippen LogP) is 2.76. The second kappa shape index (κ2) is 6.25. The molecule has 0 aromatic carbocycles. The van der Waals surface area contributed by atoms with Gasteiger partial charge >= 0.3 is 0 Å². The van der Waals surface area contributed by atoms with Crippen molar-refractivity contribution in [3.63, 3.8) is 0 Å². The van der Waals surface area contributed by atoms with E-state index in [1.807, 2.05) is 0 Å². The maximum absolute atomic E-state index is 11.9. The standard InChI is InChI=1S/C16H30N2O/c1-4-5-15(19)18-10-7-16(8-11-18)12-17(13-16)9-6-14(2)3/h14H,4-13H2,1-3H3. The Morgan fingerprint density at radius 2 is 1.84 bits per heavy atom. The summed E-state index contributed by atoms with van der Waals surface area (Å²) < 4.78 is 0. The monoisotopic (exact) mass is 266 g/mol. The Balaban J connectivity index is 1.69. The van der Waals surface area contributed by atoms with E-state index in [1.54, 1.807) is 0 Å². The van der Waals surface area contributed by atoms with Gasteiger partial charge in [-0.15, -0.1) is 0 Å². The van der Waals surface area contributed by atoms with Gasteiger partial charge in [0, 0.05) is 32.6 Å². The smallest absolute Gasteiger partial charge is 0.222 e.